The Morgan fingerprint density at radius 1 is 1.33 bits per heavy atom. The molecule has 0 spiro atoms. The molecule has 102 valence electrons. The van der Waals surface area contributed by atoms with Gasteiger partial charge in [-0.05, 0) is 26.0 Å². The molecule has 5 nitrogen and oxygen atoms in total. The topological polar surface area (TPSA) is 83.6 Å². The van der Waals surface area contributed by atoms with Gasteiger partial charge in [0.15, 0.2) is 0 Å². The molecule has 0 amide bonds. The van der Waals surface area contributed by atoms with Crippen molar-refractivity contribution in [2.45, 2.75) is 31.3 Å². The minimum Gasteiger partial charge on any atom is -0.398 e. The zero-order valence-corrected chi connectivity index (χ0v) is 11.7. The van der Waals surface area contributed by atoms with Gasteiger partial charge in [0.05, 0.1) is 11.3 Å². The summed E-state index contributed by atoms with van der Waals surface area (Å²) < 4.78 is 26.0. The first-order valence-corrected chi connectivity index (χ1v) is 7.19. The molecule has 18 heavy (non-hydrogen) atoms. The van der Waals surface area contributed by atoms with E-state index in [2.05, 4.69) is 0 Å². The van der Waals surface area contributed by atoms with E-state index < -0.39 is 15.6 Å². The summed E-state index contributed by atoms with van der Waals surface area (Å²) >= 11 is 0. The van der Waals surface area contributed by atoms with Gasteiger partial charge in [-0.3, -0.25) is 0 Å². The van der Waals surface area contributed by atoms with Gasteiger partial charge in [-0.1, -0.05) is 19.1 Å². The van der Waals surface area contributed by atoms with E-state index in [4.69, 9.17) is 5.73 Å². The molecule has 1 aromatic rings. The summed E-state index contributed by atoms with van der Waals surface area (Å²) in [6.45, 7) is 5.17. The van der Waals surface area contributed by atoms with E-state index in [-0.39, 0.29) is 23.7 Å². The minimum absolute atomic E-state index is 0.0279. The summed E-state index contributed by atoms with van der Waals surface area (Å²) in [5.41, 5.74) is 4.82. The second kappa shape index (κ2) is 5.26. The number of sulfonamides is 1. The smallest absolute Gasteiger partial charge is 0.245 e. The number of rotatable bonds is 5. The van der Waals surface area contributed by atoms with Gasteiger partial charge in [0.1, 0.15) is 4.90 Å². The maximum absolute atomic E-state index is 12.4. The highest BCUT2D eigenvalue weighted by atomic mass is 32.2. The quantitative estimate of drug-likeness (QED) is 0.785. The van der Waals surface area contributed by atoms with Crippen molar-refractivity contribution in [2.75, 3.05) is 18.8 Å². The van der Waals surface area contributed by atoms with Crippen LogP contribution >= 0.6 is 0 Å². The van der Waals surface area contributed by atoms with Crippen molar-refractivity contribution in [3.8, 4) is 0 Å². The fourth-order valence-corrected chi connectivity index (χ4v) is 3.37. The summed E-state index contributed by atoms with van der Waals surface area (Å²) in [5.74, 6) is 0. The lowest BCUT2D eigenvalue weighted by molar-refractivity contribution is 0.0601. The molecular weight excluding hydrogens is 252 g/mol. The molecule has 0 saturated heterocycles. The van der Waals surface area contributed by atoms with Crippen molar-refractivity contribution in [1.82, 2.24) is 4.31 Å². The van der Waals surface area contributed by atoms with Crippen molar-refractivity contribution in [2.24, 2.45) is 0 Å². The Labute approximate surface area is 108 Å². The predicted molar refractivity (Wildman–Crippen MR) is 71.6 cm³/mol. The van der Waals surface area contributed by atoms with Crippen LogP contribution < -0.4 is 5.73 Å². The summed E-state index contributed by atoms with van der Waals surface area (Å²) in [7, 11) is -3.67. The Morgan fingerprint density at radius 3 is 2.33 bits per heavy atom. The fraction of sp³-hybridized carbons (Fsp3) is 0.500. The highest BCUT2D eigenvalue weighted by Crippen LogP contribution is 2.23. The first kappa shape index (κ1) is 14.9. The lowest BCUT2D eigenvalue weighted by Crippen LogP contribution is -2.42. The summed E-state index contributed by atoms with van der Waals surface area (Å²) in [6.07, 6.45) is 0. The van der Waals surface area contributed by atoms with Crippen molar-refractivity contribution in [1.29, 1.82) is 0 Å². The highest BCUT2D eigenvalue weighted by Gasteiger charge is 2.29. The second-order valence-electron chi connectivity index (χ2n) is 4.78. The molecule has 1 rings (SSSR count). The first-order valence-electron chi connectivity index (χ1n) is 5.75. The average Bonchev–Trinajstić information content (AvgIpc) is 2.24. The van der Waals surface area contributed by atoms with Crippen LogP contribution in [0.3, 0.4) is 0 Å². The minimum atomic E-state index is -3.67. The number of nitrogens with zero attached hydrogens (tertiary/aromatic N) is 1. The van der Waals surface area contributed by atoms with E-state index in [1.54, 1.807) is 39.0 Å². The van der Waals surface area contributed by atoms with Crippen LogP contribution in [0.5, 0.6) is 0 Å². The van der Waals surface area contributed by atoms with Crippen LogP contribution in [0.4, 0.5) is 5.69 Å². The van der Waals surface area contributed by atoms with Gasteiger partial charge in [0.25, 0.3) is 0 Å². The SMILES string of the molecule is CCN(CC(C)(C)O)S(=O)(=O)c1ccccc1N. The molecule has 6 heteroatoms. The number of likely N-dealkylation sites (N-methyl/N-ethyl adjacent to an activating group) is 1. The lowest BCUT2D eigenvalue weighted by Gasteiger charge is -2.27. The lowest BCUT2D eigenvalue weighted by atomic mass is 10.1. The maximum atomic E-state index is 12.4. The third-order valence-corrected chi connectivity index (χ3v) is 4.45. The van der Waals surface area contributed by atoms with Crippen molar-refractivity contribution in [3.63, 3.8) is 0 Å². The predicted octanol–water partition coefficient (Wildman–Crippen LogP) is 1.05. The Morgan fingerprint density at radius 2 is 1.89 bits per heavy atom. The molecular formula is C12H20N2O3S. The van der Waals surface area contributed by atoms with Gasteiger partial charge in [0, 0.05) is 13.1 Å². The van der Waals surface area contributed by atoms with E-state index in [0.29, 0.717) is 0 Å². The van der Waals surface area contributed by atoms with Crippen LogP contribution in [0.1, 0.15) is 20.8 Å². The number of benzene rings is 1. The number of nitrogens with two attached hydrogens (primary N) is 1. The van der Waals surface area contributed by atoms with Crippen molar-refractivity contribution >= 4 is 15.7 Å². The number of hydrogen-bond acceptors (Lipinski definition) is 4. The Balaban J connectivity index is 3.16. The van der Waals surface area contributed by atoms with Crippen LogP contribution in [0, 0.1) is 0 Å². The number of nitrogen functional groups attached to an aromatic ring is 1. The van der Waals surface area contributed by atoms with Gasteiger partial charge in [0.2, 0.25) is 10.0 Å². The molecule has 3 N–H and O–H groups in total. The molecule has 0 atom stereocenters. The normalized spacial score (nSPS) is 12.9. The number of hydrogen-bond donors (Lipinski definition) is 2. The zero-order chi connectivity index (χ0) is 14.0. The molecule has 0 aromatic heterocycles. The largest absolute Gasteiger partial charge is 0.398 e. The fourth-order valence-electron chi connectivity index (χ4n) is 1.65. The number of para-hydroxylation sites is 1. The molecule has 0 radical (unpaired) electrons. The molecule has 0 heterocycles. The van der Waals surface area contributed by atoms with E-state index >= 15 is 0 Å². The first-order chi connectivity index (χ1) is 8.18. The van der Waals surface area contributed by atoms with Crippen LogP contribution in [-0.2, 0) is 10.0 Å². The maximum Gasteiger partial charge on any atom is 0.245 e. The van der Waals surface area contributed by atoms with Crippen LogP contribution in [0.25, 0.3) is 0 Å². The Bertz CT molecular complexity index is 506. The molecule has 0 unspecified atom stereocenters. The van der Waals surface area contributed by atoms with E-state index in [1.807, 2.05) is 0 Å². The molecule has 0 aliphatic heterocycles. The Kier molecular flexibility index (Phi) is 4.37. The van der Waals surface area contributed by atoms with Crippen LogP contribution in [0.15, 0.2) is 29.2 Å². The summed E-state index contributed by atoms with van der Waals surface area (Å²) in [6, 6.07) is 6.32. The van der Waals surface area contributed by atoms with Crippen molar-refractivity contribution in [3.05, 3.63) is 24.3 Å². The van der Waals surface area contributed by atoms with Gasteiger partial charge in [-0.15, -0.1) is 0 Å². The van der Waals surface area contributed by atoms with Gasteiger partial charge in [-0.2, -0.15) is 4.31 Å². The van der Waals surface area contributed by atoms with Gasteiger partial charge in [-0.25, -0.2) is 8.42 Å². The summed E-state index contributed by atoms with van der Waals surface area (Å²) in [5, 5.41) is 9.76. The number of anilines is 1. The van der Waals surface area contributed by atoms with E-state index in [0.717, 1.165) is 0 Å². The van der Waals surface area contributed by atoms with Crippen LogP contribution in [0.2, 0.25) is 0 Å². The van der Waals surface area contributed by atoms with E-state index in [9.17, 15) is 13.5 Å². The molecule has 0 saturated carbocycles. The molecule has 1 aromatic carbocycles. The molecule has 0 bridgehead atoms. The second-order valence-corrected chi connectivity index (χ2v) is 6.69. The summed E-state index contributed by atoms with van der Waals surface area (Å²) in [4.78, 5) is 0.0797. The van der Waals surface area contributed by atoms with E-state index in [1.165, 1.54) is 10.4 Å². The van der Waals surface area contributed by atoms with Gasteiger partial charge < -0.3 is 10.8 Å². The molecule has 0 fully saturated rings. The third kappa shape index (κ3) is 3.44. The average molecular weight is 272 g/mol. The standard InChI is InChI=1S/C12H20N2O3S/c1-4-14(9-12(2,3)15)18(16,17)11-8-6-5-7-10(11)13/h5-8,15H,4,9,13H2,1-3H3. The van der Waals surface area contributed by atoms with Crippen LogP contribution in [-0.4, -0.2) is 36.5 Å². The Hall–Kier alpha value is -1.11. The monoisotopic (exact) mass is 272 g/mol. The third-order valence-electron chi connectivity index (χ3n) is 2.45. The van der Waals surface area contributed by atoms with Crippen molar-refractivity contribution < 1.29 is 13.5 Å². The number of aliphatic hydroxyl groups is 1. The molecule has 0 aliphatic carbocycles. The highest BCUT2D eigenvalue weighted by molar-refractivity contribution is 7.89. The molecule has 0 aliphatic rings. The zero-order valence-electron chi connectivity index (χ0n) is 10.9. The van der Waals surface area contributed by atoms with Gasteiger partial charge >= 0.3 is 0 Å².